The average molecular weight is 746 g/mol. The Bertz CT molecular complexity index is 2310. The molecule has 4 N–H and O–H groups in total. The summed E-state index contributed by atoms with van der Waals surface area (Å²) in [7, 11) is -2.58. The number of carbonyl (C=O) groups is 5. The lowest BCUT2D eigenvalue weighted by atomic mass is 9.97. The first kappa shape index (κ1) is 36.9. The molecule has 2 fully saturated rings. The molecule has 276 valence electrons. The number of hydrogen-bond acceptors (Lipinski definition) is 9. The second-order valence-corrected chi connectivity index (χ2v) is 15.3. The third-order valence-electron chi connectivity index (χ3n) is 9.43. The Balaban J connectivity index is 1.23. The summed E-state index contributed by atoms with van der Waals surface area (Å²) >= 11 is 0. The molecule has 1 heterocycles. The summed E-state index contributed by atoms with van der Waals surface area (Å²) in [5.41, 5.74) is 1.36. The van der Waals surface area contributed by atoms with Crippen LogP contribution in [0.4, 0.5) is 10.1 Å². The fourth-order valence-electron chi connectivity index (χ4n) is 6.33. The van der Waals surface area contributed by atoms with Crippen molar-refractivity contribution in [3.63, 3.8) is 0 Å². The van der Waals surface area contributed by atoms with Gasteiger partial charge in [-0.05, 0) is 79.1 Å². The number of anilines is 1. The van der Waals surface area contributed by atoms with Crippen molar-refractivity contribution in [3.8, 4) is 11.3 Å². The molecule has 15 heteroatoms. The molecule has 0 saturated heterocycles. The molecule has 0 bridgehead atoms. The Labute approximate surface area is 303 Å². The first-order chi connectivity index (χ1) is 25.1. The van der Waals surface area contributed by atoms with Crippen LogP contribution in [0.25, 0.3) is 28.1 Å². The molecule has 53 heavy (non-hydrogen) atoms. The number of ketones is 2. The Morgan fingerprint density at radius 2 is 1.72 bits per heavy atom. The lowest BCUT2D eigenvalue weighted by Gasteiger charge is -2.25. The van der Waals surface area contributed by atoms with Crippen LogP contribution in [-0.4, -0.2) is 67.8 Å². The molecule has 4 aromatic rings. The normalized spacial score (nSPS) is 15.1. The highest BCUT2D eigenvalue weighted by Gasteiger charge is 2.51. The molecule has 2 saturated carbocycles. The Morgan fingerprint density at radius 1 is 1.02 bits per heavy atom. The largest absolute Gasteiger partial charge is 0.507 e. The van der Waals surface area contributed by atoms with Gasteiger partial charge in [0.15, 0.2) is 5.78 Å². The van der Waals surface area contributed by atoms with E-state index in [-0.39, 0.29) is 47.0 Å². The van der Waals surface area contributed by atoms with E-state index in [0.717, 1.165) is 23.4 Å². The number of aliphatic hydroxyl groups is 1. The van der Waals surface area contributed by atoms with Gasteiger partial charge in [0, 0.05) is 48.7 Å². The van der Waals surface area contributed by atoms with E-state index in [2.05, 4.69) is 10.6 Å². The number of aliphatic hydroxyl groups excluding tert-OH is 1. The zero-order chi connectivity index (χ0) is 38.2. The minimum atomic E-state index is -4.05. The minimum absolute atomic E-state index is 0.00406. The minimum Gasteiger partial charge on any atom is -0.507 e. The van der Waals surface area contributed by atoms with E-state index in [4.69, 9.17) is 9.52 Å². The van der Waals surface area contributed by atoms with Crippen LogP contribution in [0.2, 0.25) is 0 Å². The van der Waals surface area contributed by atoms with Crippen LogP contribution in [0.5, 0.6) is 0 Å². The summed E-state index contributed by atoms with van der Waals surface area (Å²) < 4.78 is 47.5. The number of rotatable bonds is 15. The number of fused-ring (bicyclic) bond motifs is 1. The molecule has 2 amide bonds. The van der Waals surface area contributed by atoms with Gasteiger partial charge in [0.05, 0.1) is 29.5 Å². The van der Waals surface area contributed by atoms with E-state index in [1.54, 1.807) is 18.2 Å². The first-order valence-electron chi connectivity index (χ1n) is 16.7. The van der Waals surface area contributed by atoms with Crippen molar-refractivity contribution >= 4 is 61.8 Å². The third-order valence-corrected chi connectivity index (χ3v) is 10.6. The average Bonchev–Trinajstić information content (AvgIpc) is 4.06. The number of halogens is 1. The van der Waals surface area contributed by atoms with Gasteiger partial charge in [-0.25, -0.2) is 17.6 Å². The van der Waals surface area contributed by atoms with E-state index in [9.17, 15) is 41.9 Å². The summed E-state index contributed by atoms with van der Waals surface area (Å²) in [6.45, 7) is -0.542. The van der Waals surface area contributed by atoms with Crippen molar-refractivity contribution < 1.29 is 51.4 Å². The van der Waals surface area contributed by atoms with E-state index in [1.807, 2.05) is 0 Å². The lowest BCUT2D eigenvalue weighted by Crippen LogP contribution is -2.38. The highest BCUT2D eigenvalue weighted by Crippen LogP contribution is 2.50. The van der Waals surface area contributed by atoms with Gasteiger partial charge < -0.3 is 25.3 Å². The number of sulfonamides is 1. The molecule has 1 aromatic heterocycles. The van der Waals surface area contributed by atoms with Gasteiger partial charge in [-0.1, -0.05) is 18.2 Å². The number of carboxylic acid groups (broad SMARTS) is 1. The van der Waals surface area contributed by atoms with Crippen molar-refractivity contribution in [2.45, 2.75) is 44.6 Å². The van der Waals surface area contributed by atoms with Gasteiger partial charge in [-0.15, -0.1) is 0 Å². The van der Waals surface area contributed by atoms with Crippen LogP contribution in [0.15, 0.2) is 71.2 Å². The van der Waals surface area contributed by atoms with Crippen LogP contribution in [0.1, 0.15) is 65.1 Å². The van der Waals surface area contributed by atoms with E-state index in [1.165, 1.54) is 49.5 Å². The molecule has 0 atom stereocenters. The fraction of sp³-hybridized carbons (Fsp3) is 0.289. The monoisotopic (exact) mass is 745 g/mol. The molecule has 0 unspecified atom stereocenters. The molecular weight excluding hydrogens is 709 g/mol. The molecule has 6 rings (SSSR count). The van der Waals surface area contributed by atoms with Gasteiger partial charge in [-0.2, -0.15) is 0 Å². The Hall–Kier alpha value is -5.83. The van der Waals surface area contributed by atoms with E-state index in [0.29, 0.717) is 41.0 Å². The SMILES string of the molecule is CNC(=O)c1c(-c2ccc(F)cc2)oc2cc(N(CC(=O)CC3(C(=O)NCc4cccc(C(O)=CC(=O)C(=O)O)c4)CC3)S(C)(=O)=O)c(C3CC3)cc12. The summed E-state index contributed by atoms with van der Waals surface area (Å²) in [4.78, 5) is 62.4. The number of nitrogens with one attached hydrogen (secondary N) is 2. The number of furan rings is 1. The number of hydrogen-bond donors (Lipinski definition) is 4. The highest BCUT2D eigenvalue weighted by molar-refractivity contribution is 7.92. The molecule has 13 nitrogen and oxygen atoms in total. The zero-order valence-electron chi connectivity index (χ0n) is 28.8. The van der Waals surface area contributed by atoms with Crippen molar-refractivity contribution in [3.05, 3.63) is 94.8 Å². The molecule has 0 radical (unpaired) electrons. The predicted molar refractivity (Wildman–Crippen MR) is 192 cm³/mol. The molecule has 2 aliphatic carbocycles. The van der Waals surface area contributed by atoms with Crippen LogP contribution >= 0.6 is 0 Å². The molecule has 0 spiro atoms. The van der Waals surface area contributed by atoms with Gasteiger partial charge in [0.25, 0.3) is 11.7 Å². The number of amides is 2. The number of aliphatic carboxylic acids is 1. The quantitative estimate of drug-likeness (QED) is 0.0741. The summed E-state index contributed by atoms with van der Waals surface area (Å²) in [5.74, 6) is -5.24. The number of carbonyl (C=O) groups excluding carboxylic acids is 4. The molecular formula is C38H36FN3O10S. The smallest absolute Gasteiger partial charge is 0.376 e. The maximum atomic E-state index is 13.7. The number of Topliss-reactive ketones (excluding diaryl/α,β-unsaturated/α-hetero) is 1. The molecule has 2 aliphatic rings. The van der Waals surface area contributed by atoms with Crippen molar-refractivity contribution in [1.29, 1.82) is 0 Å². The van der Waals surface area contributed by atoms with E-state index >= 15 is 0 Å². The van der Waals surface area contributed by atoms with Crippen molar-refractivity contribution in [2.24, 2.45) is 5.41 Å². The first-order valence-corrected chi connectivity index (χ1v) is 18.6. The fourth-order valence-corrected chi connectivity index (χ4v) is 7.22. The standard InChI is InChI=1S/C38H36FN3O10S/c1-40-35(46)33-28-15-27(22-6-7-22)29(16-32(28)52-34(33)23-8-10-25(39)11-9-23)42(53(2,50)51)20-26(43)18-38(12-13-38)37(49)41-19-21-4-3-5-24(14-21)30(44)17-31(45)36(47)48/h3-5,8-11,14-17,22,44H,6-7,12-13,18-20H2,1-2H3,(H,40,46)(H,41,49)(H,47,48). The number of benzene rings is 3. The van der Waals surface area contributed by atoms with Gasteiger partial charge >= 0.3 is 5.97 Å². The molecule has 0 aliphatic heterocycles. The van der Waals surface area contributed by atoms with Crippen molar-refractivity contribution in [1.82, 2.24) is 10.6 Å². The van der Waals surface area contributed by atoms with Crippen LogP contribution in [0, 0.1) is 11.2 Å². The maximum Gasteiger partial charge on any atom is 0.376 e. The van der Waals surface area contributed by atoms with E-state index < -0.39 is 62.9 Å². The summed E-state index contributed by atoms with van der Waals surface area (Å²) in [6, 6.07) is 14.8. The van der Waals surface area contributed by atoms with Crippen LogP contribution < -0.4 is 14.9 Å². The zero-order valence-corrected chi connectivity index (χ0v) is 29.6. The Morgan fingerprint density at radius 3 is 2.32 bits per heavy atom. The lowest BCUT2D eigenvalue weighted by molar-refractivity contribution is -0.146. The van der Waals surface area contributed by atoms with Gasteiger partial charge in [0.2, 0.25) is 15.9 Å². The number of nitrogens with zero attached hydrogens (tertiary/aromatic N) is 1. The maximum absolute atomic E-state index is 13.7. The summed E-state index contributed by atoms with van der Waals surface area (Å²) in [5, 5.41) is 24.8. The second kappa shape index (κ2) is 14.3. The van der Waals surface area contributed by atoms with Crippen LogP contribution in [-0.2, 0) is 35.7 Å². The topological polar surface area (TPSA) is 200 Å². The number of carboxylic acids is 1. The van der Waals surface area contributed by atoms with Gasteiger partial charge in [-0.3, -0.25) is 23.5 Å². The van der Waals surface area contributed by atoms with Crippen LogP contribution in [0.3, 0.4) is 0 Å². The second-order valence-electron chi connectivity index (χ2n) is 13.4. The molecule has 3 aromatic carbocycles. The van der Waals surface area contributed by atoms with Gasteiger partial charge in [0.1, 0.15) is 22.9 Å². The summed E-state index contributed by atoms with van der Waals surface area (Å²) in [6.07, 6.45) is 3.70. The third kappa shape index (κ3) is 7.99. The highest BCUT2D eigenvalue weighted by atomic mass is 32.2. The Kier molecular flexibility index (Phi) is 9.97. The van der Waals surface area contributed by atoms with Crippen molar-refractivity contribution in [2.75, 3.05) is 24.2 Å². The predicted octanol–water partition coefficient (Wildman–Crippen LogP) is 4.85.